The van der Waals surface area contributed by atoms with Gasteiger partial charge in [0.1, 0.15) is 0 Å². The summed E-state index contributed by atoms with van der Waals surface area (Å²) >= 11 is 0. The van der Waals surface area contributed by atoms with E-state index in [4.69, 9.17) is 4.43 Å². The van der Waals surface area contributed by atoms with Crippen molar-refractivity contribution in [2.45, 2.75) is 85.0 Å². The molecule has 0 radical (unpaired) electrons. The van der Waals surface area contributed by atoms with Crippen LogP contribution in [0.4, 0.5) is 0 Å². The van der Waals surface area contributed by atoms with Crippen molar-refractivity contribution in [3.05, 3.63) is 16.9 Å². The van der Waals surface area contributed by atoms with E-state index < -0.39 is 14.4 Å². The summed E-state index contributed by atoms with van der Waals surface area (Å²) in [7, 11) is -1.80. The highest BCUT2D eigenvalue weighted by molar-refractivity contribution is 6.77. The molecule has 0 heterocycles. The van der Waals surface area contributed by atoms with E-state index in [0.717, 1.165) is 11.1 Å². The van der Waals surface area contributed by atoms with Gasteiger partial charge in [0.25, 0.3) is 0 Å². The number of rotatable bonds is 7. The van der Waals surface area contributed by atoms with E-state index in [0.29, 0.717) is 23.2 Å². The van der Waals surface area contributed by atoms with Gasteiger partial charge in [-0.15, -0.1) is 5.73 Å². The van der Waals surface area contributed by atoms with E-state index in [9.17, 15) is 5.11 Å². The van der Waals surface area contributed by atoms with Gasteiger partial charge in [0, 0.05) is 0 Å². The maximum absolute atomic E-state index is 9.52. The number of aliphatic hydroxyl groups is 1. The summed E-state index contributed by atoms with van der Waals surface area (Å²) in [6, 6.07) is 0. The largest absolute Gasteiger partial charge is 0.411 e. The lowest BCUT2D eigenvalue weighted by Gasteiger charge is -2.42. The predicted molar refractivity (Wildman–Crippen MR) is 90.6 cm³/mol. The zero-order valence-corrected chi connectivity index (χ0v) is 15.9. The lowest BCUT2D eigenvalue weighted by atomic mass is 10.2. The van der Waals surface area contributed by atoms with Gasteiger partial charge in [-0.2, -0.15) is 0 Å². The van der Waals surface area contributed by atoms with Gasteiger partial charge >= 0.3 is 0 Å². The lowest BCUT2D eigenvalue weighted by molar-refractivity contribution is 0.231. The summed E-state index contributed by atoms with van der Waals surface area (Å²) in [5, 5.41) is 9.52. The Bertz CT molecular complexity index is 339. The first-order valence-electron chi connectivity index (χ1n) is 7.80. The molecule has 0 spiro atoms. The first kappa shape index (κ1) is 19.7. The van der Waals surface area contributed by atoms with Gasteiger partial charge in [0.15, 0.2) is 0 Å². The normalized spacial score (nSPS) is 13.8. The highest BCUT2D eigenvalue weighted by Gasteiger charge is 2.44. The van der Waals surface area contributed by atoms with E-state index in [1.54, 1.807) is 6.92 Å². The van der Waals surface area contributed by atoms with Crippen LogP contribution in [0.1, 0.15) is 62.3 Å². The van der Waals surface area contributed by atoms with Crippen molar-refractivity contribution in [2.24, 2.45) is 0 Å². The second-order valence-corrected chi connectivity index (χ2v) is 12.3. The average Bonchev–Trinajstić information content (AvgIpc) is 2.27. The summed E-state index contributed by atoms with van der Waals surface area (Å²) in [5.41, 5.74) is 6.98. The molecular weight excluding hydrogens is 264 g/mol. The van der Waals surface area contributed by atoms with E-state index in [-0.39, 0.29) is 0 Å². The van der Waals surface area contributed by atoms with Crippen LogP contribution in [0.25, 0.3) is 0 Å². The molecule has 0 rings (SSSR count). The smallest absolute Gasteiger partial charge is 0.200 e. The Morgan fingerprint density at radius 1 is 0.950 bits per heavy atom. The number of hydrogen-bond acceptors (Lipinski definition) is 2. The van der Waals surface area contributed by atoms with Crippen LogP contribution in [0, 0.1) is 0 Å². The van der Waals surface area contributed by atoms with E-state index in [1.165, 1.54) is 0 Å². The quantitative estimate of drug-likeness (QED) is 0.526. The molecule has 1 N–H and O–H groups in total. The van der Waals surface area contributed by atoms with Crippen LogP contribution >= 0.6 is 0 Å². The molecule has 0 saturated carbocycles. The summed E-state index contributed by atoms with van der Waals surface area (Å²) in [4.78, 5) is 0. The monoisotopic (exact) mass is 298 g/mol. The molecule has 0 aliphatic rings. The fraction of sp³-hybridized carbons (Fsp3) is 0.824. The topological polar surface area (TPSA) is 29.5 Å². The van der Waals surface area contributed by atoms with Crippen LogP contribution in [0.15, 0.2) is 16.9 Å². The molecule has 0 aliphatic heterocycles. The average molecular weight is 299 g/mol. The molecule has 118 valence electrons. The van der Waals surface area contributed by atoms with Crippen molar-refractivity contribution < 1.29 is 9.53 Å². The van der Waals surface area contributed by atoms with Gasteiger partial charge < -0.3 is 9.53 Å². The molecule has 0 aromatic carbocycles. The first-order valence-corrected chi connectivity index (χ1v) is 9.94. The Balaban J connectivity index is 5.20. The molecule has 0 bridgehead atoms. The van der Waals surface area contributed by atoms with Crippen LogP contribution in [-0.2, 0) is 4.43 Å². The maximum Gasteiger partial charge on any atom is 0.200 e. The predicted octanol–water partition coefficient (Wildman–Crippen LogP) is 5.05. The minimum absolute atomic E-state index is 0.438. The highest BCUT2D eigenvalue weighted by atomic mass is 28.4. The molecule has 1 unspecified atom stereocenters. The summed E-state index contributed by atoms with van der Waals surface area (Å²) in [5.74, 6) is 0. The summed E-state index contributed by atoms with van der Waals surface area (Å²) in [6.45, 7) is 20.1. The van der Waals surface area contributed by atoms with Crippen molar-refractivity contribution in [3.63, 3.8) is 0 Å². The van der Waals surface area contributed by atoms with Crippen molar-refractivity contribution in [1.82, 2.24) is 0 Å². The highest BCUT2D eigenvalue weighted by Crippen LogP contribution is 2.42. The fourth-order valence-electron chi connectivity index (χ4n) is 3.21. The third-order valence-corrected chi connectivity index (χ3v) is 10.3. The Kier molecular flexibility index (Phi) is 8.05. The third-order valence-electron chi connectivity index (χ3n) is 4.28. The minimum Gasteiger partial charge on any atom is -0.411 e. The Hall–Kier alpha value is -0.343. The van der Waals surface area contributed by atoms with Crippen molar-refractivity contribution in [1.29, 1.82) is 0 Å². The molecule has 0 amide bonds. The summed E-state index contributed by atoms with van der Waals surface area (Å²) in [6.07, 6.45) is -0.438. The Morgan fingerprint density at radius 3 is 1.65 bits per heavy atom. The molecule has 0 aromatic rings. The standard InChI is InChI=1S/C17H34O2Si/c1-12(2)20(13(3)4,14(5)6)19-11-15(7)10-16(8)17(9)18/h12-14,17-18H,11H2,1-9H3. The van der Waals surface area contributed by atoms with E-state index in [2.05, 4.69) is 47.3 Å². The molecule has 0 saturated heterocycles. The third kappa shape index (κ3) is 4.89. The van der Waals surface area contributed by atoms with Gasteiger partial charge in [-0.05, 0) is 48.5 Å². The Labute approximate surface area is 127 Å². The van der Waals surface area contributed by atoms with Crippen LogP contribution in [0.5, 0.6) is 0 Å². The van der Waals surface area contributed by atoms with Crippen LogP contribution < -0.4 is 0 Å². The van der Waals surface area contributed by atoms with Crippen LogP contribution in [-0.4, -0.2) is 26.1 Å². The molecule has 20 heavy (non-hydrogen) atoms. The number of hydrogen-bond donors (Lipinski definition) is 1. The maximum atomic E-state index is 9.52. The molecule has 0 fully saturated rings. The molecule has 0 aromatic heterocycles. The van der Waals surface area contributed by atoms with Crippen LogP contribution in [0.2, 0.25) is 16.6 Å². The second kappa shape index (κ2) is 8.19. The van der Waals surface area contributed by atoms with Gasteiger partial charge in [0.2, 0.25) is 8.32 Å². The lowest BCUT2D eigenvalue weighted by Crippen LogP contribution is -2.48. The van der Waals surface area contributed by atoms with Crippen molar-refractivity contribution >= 4 is 8.32 Å². The minimum atomic E-state index is -1.80. The fourth-order valence-corrected chi connectivity index (χ4v) is 8.68. The summed E-state index contributed by atoms with van der Waals surface area (Å²) < 4.78 is 6.50. The zero-order chi connectivity index (χ0) is 16.1. The van der Waals surface area contributed by atoms with Crippen molar-refractivity contribution in [2.75, 3.05) is 6.61 Å². The van der Waals surface area contributed by atoms with Crippen molar-refractivity contribution in [3.8, 4) is 0 Å². The SMILES string of the molecule is CC(=C=C(C)C(C)O)CO[Si](C(C)C)(C(C)C)C(C)C. The van der Waals surface area contributed by atoms with E-state index in [1.807, 2.05) is 13.8 Å². The van der Waals surface area contributed by atoms with Gasteiger partial charge in [0.05, 0.1) is 12.7 Å². The van der Waals surface area contributed by atoms with Crippen LogP contribution in [0.3, 0.4) is 0 Å². The molecule has 2 nitrogen and oxygen atoms in total. The van der Waals surface area contributed by atoms with E-state index >= 15 is 0 Å². The first-order chi connectivity index (χ1) is 9.05. The molecule has 0 aliphatic carbocycles. The van der Waals surface area contributed by atoms with Gasteiger partial charge in [-0.1, -0.05) is 41.5 Å². The van der Waals surface area contributed by atoms with Gasteiger partial charge in [-0.25, -0.2) is 0 Å². The zero-order valence-electron chi connectivity index (χ0n) is 14.9. The molecule has 3 heteroatoms. The Morgan fingerprint density at radius 2 is 1.35 bits per heavy atom. The molecular formula is C17H34O2Si. The number of aliphatic hydroxyl groups excluding tert-OH is 1. The molecule has 1 atom stereocenters. The second-order valence-electron chi connectivity index (χ2n) is 6.87. The van der Waals surface area contributed by atoms with Gasteiger partial charge in [-0.3, -0.25) is 0 Å².